The molecular formula is C18H18O2. The number of aromatic hydroxyl groups is 1. The third-order valence-electron chi connectivity index (χ3n) is 3.94. The molecule has 1 unspecified atom stereocenters. The van der Waals surface area contributed by atoms with Crippen LogP contribution in [0.3, 0.4) is 0 Å². The van der Waals surface area contributed by atoms with Crippen molar-refractivity contribution < 1.29 is 9.84 Å². The lowest BCUT2D eigenvalue weighted by Crippen LogP contribution is -2.18. The van der Waals surface area contributed by atoms with Crippen LogP contribution in [0.25, 0.3) is 5.57 Å². The van der Waals surface area contributed by atoms with Gasteiger partial charge in [0.2, 0.25) is 0 Å². The molecule has 0 saturated carbocycles. The minimum Gasteiger partial charge on any atom is -0.508 e. The summed E-state index contributed by atoms with van der Waals surface area (Å²) in [5, 5.41) is 9.52. The van der Waals surface area contributed by atoms with Crippen LogP contribution in [-0.4, -0.2) is 11.7 Å². The van der Waals surface area contributed by atoms with Crippen molar-refractivity contribution in [2.24, 2.45) is 0 Å². The Morgan fingerprint density at radius 2 is 1.95 bits per heavy atom. The van der Waals surface area contributed by atoms with E-state index in [-0.39, 0.29) is 11.7 Å². The second-order valence-electron chi connectivity index (χ2n) is 5.43. The van der Waals surface area contributed by atoms with Gasteiger partial charge in [-0.1, -0.05) is 30.3 Å². The Kier molecular flexibility index (Phi) is 3.01. The van der Waals surface area contributed by atoms with Gasteiger partial charge in [0, 0.05) is 17.5 Å². The summed E-state index contributed by atoms with van der Waals surface area (Å²) in [7, 11) is 0. The van der Waals surface area contributed by atoms with E-state index in [1.165, 1.54) is 16.7 Å². The maximum atomic E-state index is 9.52. The van der Waals surface area contributed by atoms with Gasteiger partial charge >= 0.3 is 0 Å². The first kappa shape index (κ1) is 12.8. The molecule has 1 atom stereocenters. The van der Waals surface area contributed by atoms with Crippen molar-refractivity contribution in [3.8, 4) is 11.5 Å². The Morgan fingerprint density at radius 1 is 1.15 bits per heavy atom. The average molecular weight is 266 g/mol. The maximum absolute atomic E-state index is 9.52. The van der Waals surface area contributed by atoms with Gasteiger partial charge in [-0.05, 0) is 42.7 Å². The summed E-state index contributed by atoms with van der Waals surface area (Å²) in [6, 6.07) is 11.7. The summed E-state index contributed by atoms with van der Waals surface area (Å²) >= 11 is 0. The quantitative estimate of drug-likeness (QED) is 0.838. The van der Waals surface area contributed by atoms with Gasteiger partial charge in [0.1, 0.15) is 11.5 Å². The summed E-state index contributed by atoms with van der Waals surface area (Å²) in [5.74, 6) is 1.12. The van der Waals surface area contributed by atoms with E-state index in [4.69, 9.17) is 4.74 Å². The topological polar surface area (TPSA) is 29.5 Å². The minimum absolute atomic E-state index is 0.174. The van der Waals surface area contributed by atoms with Gasteiger partial charge in [-0.3, -0.25) is 0 Å². The molecule has 1 aliphatic heterocycles. The Bertz CT molecular complexity index is 686. The van der Waals surface area contributed by atoms with Crippen LogP contribution in [-0.2, 0) is 0 Å². The van der Waals surface area contributed by atoms with Crippen molar-refractivity contribution in [3.63, 3.8) is 0 Å². The summed E-state index contributed by atoms with van der Waals surface area (Å²) in [6.07, 6.45) is 0. The lowest BCUT2D eigenvalue weighted by Gasteiger charge is -2.29. The van der Waals surface area contributed by atoms with Crippen LogP contribution in [0.15, 0.2) is 43.0 Å². The van der Waals surface area contributed by atoms with Crippen LogP contribution >= 0.6 is 0 Å². The zero-order chi connectivity index (χ0) is 14.3. The number of benzene rings is 2. The molecule has 3 rings (SSSR count). The summed E-state index contributed by atoms with van der Waals surface area (Å²) < 4.78 is 5.81. The van der Waals surface area contributed by atoms with Crippen LogP contribution in [0.5, 0.6) is 11.5 Å². The third-order valence-corrected chi connectivity index (χ3v) is 3.94. The number of rotatable bonds is 1. The van der Waals surface area contributed by atoms with E-state index in [1.54, 1.807) is 12.1 Å². The minimum atomic E-state index is 0.174. The van der Waals surface area contributed by atoms with Gasteiger partial charge < -0.3 is 9.84 Å². The van der Waals surface area contributed by atoms with Gasteiger partial charge in [-0.15, -0.1) is 0 Å². The Morgan fingerprint density at radius 3 is 2.70 bits per heavy atom. The lowest BCUT2D eigenvalue weighted by atomic mass is 9.84. The van der Waals surface area contributed by atoms with E-state index in [9.17, 15) is 5.11 Å². The average Bonchev–Trinajstić information content (AvgIpc) is 2.40. The van der Waals surface area contributed by atoms with Crippen LogP contribution in [0, 0.1) is 13.8 Å². The van der Waals surface area contributed by atoms with E-state index in [0.717, 1.165) is 16.9 Å². The van der Waals surface area contributed by atoms with Crippen molar-refractivity contribution >= 4 is 5.57 Å². The molecule has 1 N–H and O–H groups in total. The smallest absolute Gasteiger partial charge is 0.130 e. The first-order chi connectivity index (χ1) is 9.56. The fourth-order valence-corrected chi connectivity index (χ4v) is 2.85. The van der Waals surface area contributed by atoms with Crippen molar-refractivity contribution in [3.05, 3.63) is 65.2 Å². The number of phenols is 1. The standard InChI is InChI=1S/C18H18O2/c1-11-4-6-15(12(2)8-11)17-10-20-18-9-14(19)5-7-16(18)13(17)3/h4-9,17,19H,3,10H2,1-2H3. The molecule has 1 heterocycles. The molecule has 2 nitrogen and oxygen atoms in total. The largest absolute Gasteiger partial charge is 0.508 e. The summed E-state index contributed by atoms with van der Waals surface area (Å²) in [4.78, 5) is 0. The highest BCUT2D eigenvalue weighted by Crippen LogP contribution is 2.42. The van der Waals surface area contributed by atoms with E-state index in [2.05, 4.69) is 38.6 Å². The van der Waals surface area contributed by atoms with Crippen molar-refractivity contribution in [2.75, 3.05) is 6.61 Å². The zero-order valence-electron chi connectivity index (χ0n) is 11.8. The number of hydrogen-bond donors (Lipinski definition) is 1. The Hall–Kier alpha value is -2.22. The predicted molar refractivity (Wildman–Crippen MR) is 81.3 cm³/mol. The Labute approximate surface area is 119 Å². The van der Waals surface area contributed by atoms with E-state index < -0.39 is 0 Å². The van der Waals surface area contributed by atoms with Gasteiger partial charge in [0.25, 0.3) is 0 Å². The van der Waals surface area contributed by atoms with Crippen LogP contribution < -0.4 is 4.74 Å². The number of phenolic OH excluding ortho intramolecular Hbond substituents is 1. The molecule has 0 radical (unpaired) electrons. The third kappa shape index (κ3) is 2.07. The molecule has 20 heavy (non-hydrogen) atoms. The normalized spacial score (nSPS) is 17.5. The molecule has 0 aromatic heterocycles. The number of hydrogen-bond acceptors (Lipinski definition) is 2. The molecule has 102 valence electrons. The van der Waals surface area contributed by atoms with Gasteiger partial charge in [-0.2, -0.15) is 0 Å². The fraction of sp³-hybridized carbons (Fsp3) is 0.222. The van der Waals surface area contributed by atoms with Gasteiger partial charge in [-0.25, -0.2) is 0 Å². The van der Waals surface area contributed by atoms with Crippen molar-refractivity contribution in [2.45, 2.75) is 19.8 Å². The molecule has 0 saturated heterocycles. The molecule has 0 aliphatic carbocycles. The van der Waals surface area contributed by atoms with Crippen LogP contribution in [0.1, 0.15) is 28.2 Å². The van der Waals surface area contributed by atoms with Crippen molar-refractivity contribution in [1.82, 2.24) is 0 Å². The molecule has 2 heteroatoms. The fourth-order valence-electron chi connectivity index (χ4n) is 2.85. The molecule has 0 fully saturated rings. The van der Waals surface area contributed by atoms with Gasteiger partial charge in [0.05, 0.1) is 6.61 Å². The molecule has 0 spiro atoms. The molecule has 2 aromatic carbocycles. The Balaban J connectivity index is 2.02. The highest BCUT2D eigenvalue weighted by molar-refractivity contribution is 5.76. The van der Waals surface area contributed by atoms with Crippen LogP contribution in [0.4, 0.5) is 0 Å². The summed E-state index contributed by atoms with van der Waals surface area (Å²) in [5.41, 5.74) is 5.83. The van der Waals surface area contributed by atoms with Gasteiger partial charge in [0.15, 0.2) is 0 Å². The molecular weight excluding hydrogens is 248 g/mol. The maximum Gasteiger partial charge on any atom is 0.130 e. The highest BCUT2D eigenvalue weighted by Gasteiger charge is 2.26. The number of ether oxygens (including phenoxy) is 1. The van der Waals surface area contributed by atoms with Crippen LogP contribution in [0.2, 0.25) is 0 Å². The SMILES string of the molecule is C=C1c2ccc(O)cc2OCC1c1ccc(C)cc1C. The lowest BCUT2D eigenvalue weighted by molar-refractivity contribution is 0.295. The van der Waals surface area contributed by atoms with E-state index in [0.29, 0.717) is 6.61 Å². The molecule has 0 amide bonds. The molecule has 0 bridgehead atoms. The number of fused-ring (bicyclic) bond motifs is 1. The predicted octanol–water partition coefficient (Wildman–Crippen LogP) is 4.20. The monoisotopic (exact) mass is 266 g/mol. The van der Waals surface area contributed by atoms with Crippen molar-refractivity contribution in [1.29, 1.82) is 0 Å². The second kappa shape index (κ2) is 4.71. The first-order valence-electron chi connectivity index (χ1n) is 6.78. The second-order valence-corrected chi connectivity index (χ2v) is 5.43. The van der Waals surface area contributed by atoms with E-state index >= 15 is 0 Å². The zero-order valence-corrected chi connectivity index (χ0v) is 11.8. The van der Waals surface area contributed by atoms with E-state index in [1.807, 2.05) is 6.07 Å². The molecule has 1 aliphatic rings. The number of aryl methyl sites for hydroxylation is 2. The summed E-state index contributed by atoms with van der Waals surface area (Å²) in [6.45, 7) is 9.04. The molecule has 2 aromatic rings. The highest BCUT2D eigenvalue weighted by atomic mass is 16.5. The first-order valence-corrected chi connectivity index (χ1v) is 6.78.